The molecular formula is C15H24N2O2. The molecule has 2 unspecified atom stereocenters. The van der Waals surface area contributed by atoms with E-state index in [-0.39, 0.29) is 18.4 Å². The zero-order valence-corrected chi connectivity index (χ0v) is 11.7. The number of nitrogens with one attached hydrogen (secondary N) is 1. The maximum Gasteiger partial charge on any atom is 0.227 e. The fraction of sp³-hybridized carbons (Fsp3) is 0.533. The van der Waals surface area contributed by atoms with Gasteiger partial charge in [-0.2, -0.15) is 0 Å². The van der Waals surface area contributed by atoms with Gasteiger partial charge in [0.1, 0.15) is 0 Å². The molecule has 106 valence electrons. The summed E-state index contributed by atoms with van der Waals surface area (Å²) in [5, 5.41) is 11.9. The highest BCUT2D eigenvalue weighted by atomic mass is 16.3. The van der Waals surface area contributed by atoms with Crippen LogP contribution in [0.4, 0.5) is 5.69 Å². The molecule has 2 atom stereocenters. The molecule has 0 heterocycles. The lowest BCUT2D eigenvalue weighted by molar-refractivity contribution is -0.122. The molecule has 0 radical (unpaired) electrons. The molecule has 0 bridgehead atoms. The molecule has 4 N–H and O–H groups in total. The Morgan fingerprint density at radius 1 is 1.47 bits per heavy atom. The van der Waals surface area contributed by atoms with E-state index in [9.17, 15) is 4.79 Å². The van der Waals surface area contributed by atoms with Crippen molar-refractivity contribution < 1.29 is 9.90 Å². The number of nitrogens with two attached hydrogens (primary N) is 1. The molecule has 0 aliphatic carbocycles. The number of amides is 1. The predicted octanol–water partition coefficient (Wildman–Crippen LogP) is 1.90. The summed E-state index contributed by atoms with van der Waals surface area (Å²) in [4.78, 5) is 12.1. The van der Waals surface area contributed by atoms with Crippen LogP contribution in [0.5, 0.6) is 0 Å². The van der Waals surface area contributed by atoms with Crippen LogP contribution in [-0.2, 0) is 4.79 Å². The Bertz CT molecular complexity index is 407. The third-order valence-corrected chi connectivity index (χ3v) is 3.48. The van der Waals surface area contributed by atoms with E-state index < -0.39 is 0 Å². The summed E-state index contributed by atoms with van der Waals surface area (Å²) in [5.74, 6) is 0.124. The Labute approximate surface area is 115 Å². The highest BCUT2D eigenvalue weighted by Crippen LogP contribution is 2.18. The van der Waals surface area contributed by atoms with E-state index in [0.717, 1.165) is 18.4 Å². The fourth-order valence-corrected chi connectivity index (χ4v) is 2.01. The van der Waals surface area contributed by atoms with Crippen LogP contribution >= 0.6 is 0 Å². The molecule has 1 rings (SSSR count). The smallest absolute Gasteiger partial charge is 0.227 e. The van der Waals surface area contributed by atoms with Crippen molar-refractivity contribution in [2.24, 2.45) is 5.92 Å². The average Bonchev–Trinajstić information content (AvgIpc) is 2.42. The summed E-state index contributed by atoms with van der Waals surface area (Å²) in [6, 6.07) is 7.40. The molecule has 1 amide bonds. The number of hydrogen-bond acceptors (Lipinski definition) is 3. The molecule has 1 aromatic rings. The van der Waals surface area contributed by atoms with Gasteiger partial charge in [0.05, 0.1) is 5.92 Å². The first kappa shape index (κ1) is 15.5. The normalized spacial score (nSPS) is 13.8. The maximum absolute atomic E-state index is 12.1. The molecule has 0 aromatic heterocycles. The first-order valence-corrected chi connectivity index (χ1v) is 6.82. The third kappa shape index (κ3) is 4.91. The second-order valence-electron chi connectivity index (χ2n) is 4.92. The maximum atomic E-state index is 12.1. The van der Waals surface area contributed by atoms with Gasteiger partial charge in [-0.25, -0.2) is 0 Å². The number of carbonyl (C=O) groups excluding carboxylic acids is 1. The van der Waals surface area contributed by atoms with Crippen LogP contribution in [0.1, 0.15) is 38.2 Å². The number of benzene rings is 1. The molecule has 0 spiro atoms. The van der Waals surface area contributed by atoms with Crippen LogP contribution in [0.15, 0.2) is 24.3 Å². The topological polar surface area (TPSA) is 75.3 Å². The zero-order valence-electron chi connectivity index (χ0n) is 11.7. The molecule has 0 saturated heterocycles. The number of nitrogen functional groups attached to an aromatic ring is 1. The van der Waals surface area contributed by atoms with Gasteiger partial charge in [-0.3, -0.25) is 4.79 Å². The highest BCUT2D eigenvalue weighted by molar-refractivity contribution is 5.83. The van der Waals surface area contributed by atoms with Gasteiger partial charge in [0.2, 0.25) is 5.91 Å². The van der Waals surface area contributed by atoms with Crippen molar-refractivity contribution in [2.75, 3.05) is 18.9 Å². The molecule has 1 aromatic carbocycles. The van der Waals surface area contributed by atoms with Crippen molar-refractivity contribution in [3.63, 3.8) is 0 Å². The average molecular weight is 264 g/mol. The zero-order chi connectivity index (χ0) is 14.3. The van der Waals surface area contributed by atoms with E-state index in [2.05, 4.69) is 12.2 Å². The Balaban J connectivity index is 2.53. The first-order chi connectivity index (χ1) is 9.08. The molecule has 0 saturated carbocycles. The second-order valence-corrected chi connectivity index (χ2v) is 4.92. The third-order valence-electron chi connectivity index (χ3n) is 3.48. The molecule has 0 aliphatic heterocycles. The summed E-state index contributed by atoms with van der Waals surface area (Å²) in [6.45, 7) is 4.71. The van der Waals surface area contributed by atoms with Crippen molar-refractivity contribution in [3.8, 4) is 0 Å². The van der Waals surface area contributed by atoms with Crippen molar-refractivity contribution in [2.45, 2.75) is 32.6 Å². The van der Waals surface area contributed by atoms with Gasteiger partial charge in [0.25, 0.3) is 0 Å². The number of carbonyl (C=O) groups is 1. The lowest BCUT2D eigenvalue weighted by Gasteiger charge is -2.17. The van der Waals surface area contributed by atoms with Crippen LogP contribution in [-0.4, -0.2) is 24.2 Å². The lowest BCUT2D eigenvalue weighted by Crippen LogP contribution is -2.32. The Hall–Kier alpha value is -1.55. The molecular weight excluding hydrogens is 240 g/mol. The van der Waals surface area contributed by atoms with Crippen LogP contribution in [0.3, 0.4) is 0 Å². The van der Waals surface area contributed by atoms with E-state index in [1.807, 2.05) is 31.2 Å². The lowest BCUT2D eigenvalue weighted by atomic mass is 9.98. The number of anilines is 1. The molecule has 4 heteroatoms. The Morgan fingerprint density at radius 3 is 2.79 bits per heavy atom. The molecule has 0 aliphatic rings. The fourth-order valence-electron chi connectivity index (χ4n) is 2.01. The van der Waals surface area contributed by atoms with Gasteiger partial charge in [-0.1, -0.05) is 25.5 Å². The minimum atomic E-state index is -0.213. The minimum Gasteiger partial charge on any atom is -0.399 e. The Kier molecular flexibility index (Phi) is 6.36. The monoisotopic (exact) mass is 264 g/mol. The molecule has 0 fully saturated rings. The van der Waals surface area contributed by atoms with E-state index >= 15 is 0 Å². The number of rotatable bonds is 7. The summed E-state index contributed by atoms with van der Waals surface area (Å²) < 4.78 is 0. The summed E-state index contributed by atoms with van der Waals surface area (Å²) in [5.41, 5.74) is 7.31. The molecule has 4 nitrogen and oxygen atoms in total. The molecule has 19 heavy (non-hydrogen) atoms. The van der Waals surface area contributed by atoms with Crippen LogP contribution < -0.4 is 11.1 Å². The van der Waals surface area contributed by atoms with Gasteiger partial charge in [-0.15, -0.1) is 0 Å². The predicted molar refractivity (Wildman–Crippen MR) is 77.8 cm³/mol. The second kappa shape index (κ2) is 7.79. The number of aliphatic hydroxyl groups is 1. The summed E-state index contributed by atoms with van der Waals surface area (Å²) in [7, 11) is 0. The van der Waals surface area contributed by atoms with E-state index in [1.54, 1.807) is 0 Å². The quantitative estimate of drug-likeness (QED) is 0.658. The summed E-state index contributed by atoms with van der Waals surface area (Å²) in [6.07, 6.45) is 1.68. The van der Waals surface area contributed by atoms with Crippen molar-refractivity contribution in [1.82, 2.24) is 5.32 Å². The SMILES string of the molecule is CCC(CCO)CNC(=O)C(C)c1cccc(N)c1. The largest absolute Gasteiger partial charge is 0.399 e. The standard InChI is InChI=1S/C15H24N2O2/c1-3-12(7-8-18)10-17-15(19)11(2)13-5-4-6-14(16)9-13/h4-6,9,11-12,18H,3,7-8,10,16H2,1-2H3,(H,17,19). The van der Waals surface area contributed by atoms with E-state index in [4.69, 9.17) is 10.8 Å². The van der Waals surface area contributed by atoms with Crippen LogP contribution in [0.2, 0.25) is 0 Å². The minimum absolute atomic E-state index is 0.00184. The van der Waals surface area contributed by atoms with Crippen LogP contribution in [0.25, 0.3) is 0 Å². The van der Waals surface area contributed by atoms with Gasteiger partial charge in [-0.05, 0) is 37.0 Å². The van der Waals surface area contributed by atoms with Crippen LogP contribution in [0, 0.1) is 5.92 Å². The van der Waals surface area contributed by atoms with E-state index in [0.29, 0.717) is 18.2 Å². The first-order valence-electron chi connectivity index (χ1n) is 6.82. The number of aliphatic hydroxyl groups excluding tert-OH is 1. The van der Waals surface area contributed by atoms with Gasteiger partial charge >= 0.3 is 0 Å². The van der Waals surface area contributed by atoms with Crippen molar-refractivity contribution in [3.05, 3.63) is 29.8 Å². The van der Waals surface area contributed by atoms with E-state index in [1.165, 1.54) is 0 Å². The number of hydrogen-bond donors (Lipinski definition) is 3. The van der Waals surface area contributed by atoms with Gasteiger partial charge < -0.3 is 16.2 Å². The van der Waals surface area contributed by atoms with Gasteiger partial charge in [0, 0.05) is 18.8 Å². The van der Waals surface area contributed by atoms with Gasteiger partial charge in [0.15, 0.2) is 0 Å². The highest BCUT2D eigenvalue weighted by Gasteiger charge is 2.16. The Morgan fingerprint density at radius 2 is 2.21 bits per heavy atom. The van der Waals surface area contributed by atoms with Crippen molar-refractivity contribution in [1.29, 1.82) is 0 Å². The van der Waals surface area contributed by atoms with Crippen molar-refractivity contribution >= 4 is 11.6 Å². The summed E-state index contributed by atoms with van der Waals surface area (Å²) >= 11 is 0.